The van der Waals surface area contributed by atoms with E-state index >= 15 is 0 Å². The molecule has 2 unspecified atom stereocenters. The maximum atomic E-state index is 13.6. The second-order valence-corrected chi connectivity index (χ2v) is 4.86. The first-order valence-corrected chi connectivity index (χ1v) is 6.30. The molecule has 4 nitrogen and oxygen atoms in total. The van der Waals surface area contributed by atoms with Crippen LogP contribution in [-0.4, -0.2) is 21.4 Å². The van der Waals surface area contributed by atoms with Gasteiger partial charge in [0.15, 0.2) is 5.82 Å². The number of nitrogens with zero attached hydrogens (tertiary/aromatic N) is 2. The van der Waals surface area contributed by atoms with Crippen molar-refractivity contribution >= 4 is 11.6 Å². The maximum absolute atomic E-state index is 13.6. The Morgan fingerprint density at radius 2 is 2.16 bits per heavy atom. The molecule has 6 heteroatoms. The molecule has 2 atom stereocenters. The molecule has 19 heavy (non-hydrogen) atoms. The van der Waals surface area contributed by atoms with Crippen molar-refractivity contribution in [3.05, 3.63) is 46.3 Å². The van der Waals surface area contributed by atoms with Crippen molar-refractivity contribution < 1.29 is 14.0 Å². The molecule has 1 heterocycles. The van der Waals surface area contributed by atoms with Crippen LogP contribution in [-0.2, 0) is 6.42 Å². The van der Waals surface area contributed by atoms with Gasteiger partial charge in [0.05, 0.1) is 12.0 Å². The lowest BCUT2D eigenvalue weighted by molar-refractivity contribution is 0.151. The standard InChI is InChI=1S/C13H14ClFN2O2/c1-7(8(2)18)13-16-12(17-19-13)6-9-10(14)4-3-5-11(9)15/h3-5,7-8,18H,6H2,1-2H3. The third kappa shape index (κ3) is 3.11. The highest BCUT2D eigenvalue weighted by atomic mass is 35.5. The van der Waals surface area contributed by atoms with Gasteiger partial charge in [0.1, 0.15) is 5.82 Å². The molecule has 0 fully saturated rings. The van der Waals surface area contributed by atoms with Crippen LogP contribution in [0.25, 0.3) is 0 Å². The molecule has 0 bridgehead atoms. The lowest BCUT2D eigenvalue weighted by Crippen LogP contribution is -2.11. The van der Waals surface area contributed by atoms with Gasteiger partial charge in [0.25, 0.3) is 0 Å². The Labute approximate surface area is 115 Å². The summed E-state index contributed by atoms with van der Waals surface area (Å²) in [6.45, 7) is 3.42. The largest absolute Gasteiger partial charge is 0.393 e. The number of hydrogen-bond acceptors (Lipinski definition) is 4. The molecule has 1 N–H and O–H groups in total. The Kier molecular flexibility index (Phi) is 4.17. The van der Waals surface area contributed by atoms with Crippen molar-refractivity contribution in [2.45, 2.75) is 32.3 Å². The van der Waals surface area contributed by atoms with E-state index in [0.29, 0.717) is 22.3 Å². The van der Waals surface area contributed by atoms with Gasteiger partial charge < -0.3 is 9.63 Å². The Morgan fingerprint density at radius 1 is 1.42 bits per heavy atom. The van der Waals surface area contributed by atoms with Crippen LogP contribution in [0.15, 0.2) is 22.7 Å². The molecule has 1 aromatic carbocycles. The van der Waals surface area contributed by atoms with Crippen molar-refractivity contribution in [2.24, 2.45) is 0 Å². The number of benzene rings is 1. The van der Waals surface area contributed by atoms with Crippen molar-refractivity contribution in [3.63, 3.8) is 0 Å². The number of hydrogen-bond donors (Lipinski definition) is 1. The van der Waals surface area contributed by atoms with Gasteiger partial charge in [-0.2, -0.15) is 4.98 Å². The molecule has 0 saturated heterocycles. The Bertz CT molecular complexity index is 551. The molecule has 0 aliphatic carbocycles. The number of aliphatic hydroxyl groups is 1. The maximum Gasteiger partial charge on any atom is 0.232 e. The fourth-order valence-electron chi connectivity index (χ4n) is 1.59. The summed E-state index contributed by atoms with van der Waals surface area (Å²) in [4.78, 5) is 4.15. The van der Waals surface area contributed by atoms with E-state index in [1.165, 1.54) is 6.07 Å². The first-order chi connectivity index (χ1) is 8.99. The summed E-state index contributed by atoms with van der Waals surface area (Å²) in [5, 5.41) is 13.6. The van der Waals surface area contributed by atoms with Crippen LogP contribution >= 0.6 is 11.6 Å². The highest BCUT2D eigenvalue weighted by Crippen LogP contribution is 2.23. The van der Waals surface area contributed by atoms with Gasteiger partial charge in [0, 0.05) is 17.0 Å². The summed E-state index contributed by atoms with van der Waals surface area (Å²) in [6, 6.07) is 4.48. The fraction of sp³-hybridized carbons (Fsp3) is 0.385. The van der Waals surface area contributed by atoms with E-state index < -0.39 is 11.9 Å². The molecular formula is C13H14ClFN2O2. The highest BCUT2D eigenvalue weighted by Gasteiger charge is 2.19. The Balaban J connectivity index is 2.21. The quantitative estimate of drug-likeness (QED) is 0.938. The third-order valence-electron chi connectivity index (χ3n) is 2.99. The smallest absolute Gasteiger partial charge is 0.232 e. The molecule has 2 rings (SSSR count). The minimum Gasteiger partial charge on any atom is -0.393 e. The van der Waals surface area contributed by atoms with Crippen molar-refractivity contribution in [2.75, 3.05) is 0 Å². The lowest BCUT2D eigenvalue weighted by atomic mass is 10.1. The van der Waals surface area contributed by atoms with E-state index in [2.05, 4.69) is 10.1 Å². The minimum absolute atomic E-state index is 0.154. The summed E-state index contributed by atoms with van der Waals surface area (Å²) in [5.74, 6) is 0.00623. The first-order valence-electron chi connectivity index (χ1n) is 5.92. The van der Waals surface area contributed by atoms with Crippen molar-refractivity contribution in [3.8, 4) is 0 Å². The summed E-state index contributed by atoms with van der Waals surface area (Å²) in [6.07, 6.45) is -0.438. The number of halogens is 2. The van der Waals surface area contributed by atoms with Crippen LogP contribution in [0, 0.1) is 5.82 Å². The molecule has 0 spiro atoms. The fourth-order valence-corrected chi connectivity index (χ4v) is 1.82. The molecule has 0 saturated carbocycles. The van der Waals surface area contributed by atoms with E-state index in [0.717, 1.165) is 0 Å². The number of aliphatic hydroxyl groups excluding tert-OH is 1. The zero-order valence-corrected chi connectivity index (χ0v) is 11.4. The SMILES string of the molecule is CC(O)C(C)c1nc(Cc2c(F)cccc2Cl)no1. The van der Waals surface area contributed by atoms with Crippen LogP contribution in [0.4, 0.5) is 4.39 Å². The zero-order valence-electron chi connectivity index (χ0n) is 10.6. The second kappa shape index (κ2) is 5.67. The van der Waals surface area contributed by atoms with E-state index in [4.69, 9.17) is 16.1 Å². The lowest BCUT2D eigenvalue weighted by Gasteiger charge is -2.08. The molecule has 0 aliphatic rings. The van der Waals surface area contributed by atoms with Gasteiger partial charge in [-0.1, -0.05) is 29.7 Å². The van der Waals surface area contributed by atoms with Crippen LogP contribution in [0.1, 0.15) is 37.0 Å². The van der Waals surface area contributed by atoms with Crippen LogP contribution in [0.3, 0.4) is 0 Å². The summed E-state index contributed by atoms with van der Waals surface area (Å²) in [7, 11) is 0. The van der Waals surface area contributed by atoms with Crippen LogP contribution in [0.5, 0.6) is 0 Å². The van der Waals surface area contributed by atoms with E-state index in [-0.39, 0.29) is 12.3 Å². The summed E-state index contributed by atoms with van der Waals surface area (Å²) in [5.41, 5.74) is 0.334. The molecule has 0 radical (unpaired) electrons. The molecule has 0 aliphatic heterocycles. The van der Waals surface area contributed by atoms with Gasteiger partial charge in [0.2, 0.25) is 5.89 Å². The Hall–Kier alpha value is -1.46. The average Bonchev–Trinajstić information content (AvgIpc) is 2.81. The number of rotatable bonds is 4. The minimum atomic E-state index is -0.592. The monoisotopic (exact) mass is 284 g/mol. The molecule has 1 aromatic heterocycles. The molecule has 2 aromatic rings. The van der Waals surface area contributed by atoms with Gasteiger partial charge in [-0.3, -0.25) is 0 Å². The third-order valence-corrected chi connectivity index (χ3v) is 3.35. The highest BCUT2D eigenvalue weighted by molar-refractivity contribution is 6.31. The molecule has 102 valence electrons. The Morgan fingerprint density at radius 3 is 2.79 bits per heavy atom. The molecule has 0 amide bonds. The van der Waals surface area contributed by atoms with Crippen molar-refractivity contribution in [1.82, 2.24) is 10.1 Å². The average molecular weight is 285 g/mol. The number of aromatic nitrogens is 2. The van der Waals surface area contributed by atoms with Crippen LogP contribution in [0.2, 0.25) is 5.02 Å². The summed E-state index contributed by atoms with van der Waals surface area (Å²) < 4.78 is 18.7. The van der Waals surface area contributed by atoms with Gasteiger partial charge >= 0.3 is 0 Å². The predicted molar refractivity (Wildman–Crippen MR) is 68.6 cm³/mol. The zero-order chi connectivity index (χ0) is 14.0. The second-order valence-electron chi connectivity index (χ2n) is 4.46. The van der Waals surface area contributed by atoms with E-state index in [9.17, 15) is 9.50 Å². The topological polar surface area (TPSA) is 59.2 Å². The van der Waals surface area contributed by atoms with E-state index in [1.54, 1.807) is 26.0 Å². The summed E-state index contributed by atoms with van der Waals surface area (Å²) >= 11 is 5.93. The first kappa shape index (κ1) is 14.0. The molecular weight excluding hydrogens is 271 g/mol. The van der Waals surface area contributed by atoms with Crippen molar-refractivity contribution in [1.29, 1.82) is 0 Å². The van der Waals surface area contributed by atoms with Gasteiger partial charge in [-0.15, -0.1) is 0 Å². The van der Waals surface area contributed by atoms with Crippen LogP contribution < -0.4 is 0 Å². The van der Waals surface area contributed by atoms with Gasteiger partial charge in [-0.25, -0.2) is 4.39 Å². The predicted octanol–water partition coefficient (Wildman–Crippen LogP) is 2.94. The van der Waals surface area contributed by atoms with E-state index in [1.807, 2.05) is 0 Å². The van der Waals surface area contributed by atoms with Gasteiger partial charge in [-0.05, 0) is 19.1 Å². The normalized spacial score (nSPS) is 14.4.